The Morgan fingerprint density at radius 3 is 2.44 bits per heavy atom. The minimum Gasteiger partial charge on any atom is -0.344 e. The smallest absolute Gasteiger partial charge is 0.249 e. The number of carbonyl (C=O) groups is 2. The molecule has 1 aliphatic rings. The van der Waals surface area contributed by atoms with E-state index in [2.05, 4.69) is 20.8 Å². The summed E-state index contributed by atoms with van der Waals surface area (Å²) >= 11 is 1.20. The zero-order chi connectivity index (χ0) is 22.3. The molecule has 8 heteroatoms. The summed E-state index contributed by atoms with van der Waals surface area (Å²) in [5, 5.41) is 14.8. The molecule has 1 fully saturated rings. The summed E-state index contributed by atoms with van der Waals surface area (Å²) in [5.74, 6) is -0.768. The maximum absolute atomic E-state index is 13.2. The fourth-order valence-electron chi connectivity index (χ4n) is 3.89. The Kier molecular flexibility index (Phi) is 7.21. The van der Waals surface area contributed by atoms with Crippen LogP contribution in [-0.2, 0) is 16.0 Å². The number of nitrogens with zero attached hydrogens (tertiary/aromatic N) is 2. The van der Waals surface area contributed by atoms with Crippen LogP contribution in [0.15, 0.2) is 54.6 Å². The van der Waals surface area contributed by atoms with Crippen molar-refractivity contribution < 1.29 is 14.0 Å². The molecule has 1 atom stereocenters. The molecule has 2 amide bonds. The highest BCUT2D eigenvalue weighted by molar-refractivity contribution is 7.18. The van der Waals surface area contributed by atoms with Gasteiger partial charge in [0, 0.05) is 17.9 Å². The van der Waals surface area contributed by atoms with Crippen LogP contribution in [0.1, 0.15) is 37.7 Å². The molecule has 0 radical (unpaired) electrons. The van der Waals surface area contributed by atoms with Crippen molar-refractivity contribution >= 4 is 28.3 Å². The third-order valence-corrected chi connectivity index (χ3v) is 6.53. The second kappa shape index (κ2) is 10.5. The van der Waals surface area contributed by atoms with Gasteiger partial charge in [-0.3, -0.25) is 14.9 Å². The third kappa shape index (κ3) is 5.76. The standard InChI is InChI=1S/C24H25FN4O2S/c25-19-13-11-18(12-14-19)23-28-29-24(32-23)27-22(31)20(15-16-7-3-1-4-8-16)26-21(30)17-9-5-2-6-10-17/h1,3-4,7-8,11-14,17,20H,2,5-6,9-10,15H2,(H,26,30)(H,27,29,31). The zero-order valence-corrected chi connectivity index (χ0v) is 18.4. The Morgan fingerprint density at radius 1 is 1.00 bits per heavy atom. The summed E-state index contributed by atoms with van der Waals surface area (Å²) in [7, 11) is 0. The van der Waals surface area contributed by atoms with Crippen molar-refractivity contribution in [1.82, 2.24) is 15.5 Å². The van der Waals surface area contributed by atoms with Gasteiger partial charge in [0.1, 0.15) is 16.9 Å². The van der Waals surface area contributed by atoms with Crippen molar-refractivity contribution in [2.45, 2.75) is 44.6 Å². The summed E-state index contributed by atoms with van der Waals surface area (Å²) in [6, 6.07) is 14.8. The van der Waals surface area contributed by atoms with Crippen LogP contribution in [0.4, 0.5) is 9.52 Å². The van der Waals surface area contributed by atoms with E-state index in [-0.39, 0.29) is 23.5 Å². The van der Waals surface area contributed by atoms with Crippen molar-refractivity contribution in [2.75, 3.05) is 5.32 Å². The lowest BCUT2D eigenvalue weighted by Gasteiger charge is -2.24. The van der Waals surface area contributed by atoms with Crippen molar-refractivity contribution in [3.63, 3.8) is 0 Å². The molecule has 1 unspecified atom stereocenters. The number of rotatable bonds is 7. The summed E-state index contributed by atoms with van der Waals surface area (Å²) in [4.78, 5) is 25.9. The van der Waals surface area contributed by atoms with E-state index in [0.29, 0.717) is 16.6 Å². The highest BCUT2D eigenvalue weighted by Crippen LogP contribution is 2.27. The van der Waals surface area contributed by atoms with Crippen molar-refractivity contribution in [3.8, 4) is 10.6 Å². The predicted octanol–water partition coefficient (Wildman–Crippen LogP) is 4.59. The second-order valence-corrected chi connectivity index (χ2v) is 8.97. The average molecular weight is 453 g/mol. The van der Waals surface area contributed by atoms with Crippen LogP contribution in [0.3, 0.4) is 0 Å². The highest BCUT2D eigenvalue weighted by Gasteiger charge is 2.27. The number of anilines is 1. The van der Waals surface area contributed by atoms with E-state index in [4.69, 9.17) is 0 Å². The topological polar surface area (TPSA) is 84.0 Å². The van der Waals surface area contributed by atoms with Crippen LogP contribution >= 0.6 is 11.3 Å². The van der Waals surface area contributed by atoms with E-state index in [9.17, 15) is 14.0 Å². The quantitative estimate of drug-likeness (QED) is 0.549. The van der Waals surface area contributed by atoms with Crippen molar-refractivity contribution in [3.05, 3.63) is 66.0 Å². The van der Waals surface area contributed by atoms with Crippen molar-refractivity contribution in [1.29, 1.82) is 0 Å². The van der Waals surface area contributed by atoms with Crippen LogP contribution < -0.4 is 10.6 Å². The number of amides is 2. The first-order valence-corrected chi connectivity index (χ1v) is 11.6. The SMILES string of the molecule is O=C(NC(Cc1ccccc1)C(=O)Nc1nnc(-c2ccc(F)cc2)s1)C1CCCCC1. The van der Waals surface area contributed by atoms with Gasteiger partial charge in [0.25, 0.3) is 0 Å². The maximum atomic E-state index is 13.2. The Bertz CT molecular complexity index is 1050. The summed E-state index contributed by atoms with van der Waals surface area (Å²) < 4.78 is 13.2. The molecule has 0 saturated heterocycles. The van der Waals surface area contributed by atoms with Crippen LogP contribution in [0.2, 0.25) is 0 Å². The molecule has 32 heavy (non-hydrogen) atoms. The minimum absolute atomic E-state index is 0.0403. The number of aromatic nitrogens is 2. The molecule has 1 heterocycles. The second-order valence-electron chi connectivity index (χ2n) is 7.99. The largest absolute Gasteiger partial charge is 0.344 e. The Balaban J connectivity index is 1.46. The van der Waals surface area contributed by atoms with E-state index in [1.165, 1.54) is 23.5 Å². The number of hydrogen-bond acceptors (Lipinski definition) is 5. The first-order valence-electron chi connectivity index (χ1n) is 10.8. The molecule has 1 aromatic heterocycles. The van der Waals surface area contributed by atoms with Gasteiger partial charge in [0.05, 0.1) is 0 Å². The fraction of sp³-hybridized carbons (Fsp3) is 0.333. The van der Waals surface area contributed by atoms with Crippen LogP contribution in [0.5, 0.6) is 0 Å². The predicted molar refractivity (Wildman–Crippen MR) is 123 cm³/mol. The first-order chi connectivity index (χ1) is 15.6. The molecule has 2 aromatic carbocycles. The van der Waals surface area contributed by atoms with Gasteiger partial charge in [-0.15, -0.1) is 10.2 Å². The van der Waals surface area contributed by atoms with Gasteiger partial charge in [-0.05, 0) is 42.7 Å². The summed E-state index contributed by atoms with van der Waals surface area (Å²) in [6.07, 6.45) is 5.36. The van der Waals surface area contributed by atoms with Crippen molar-refractivity contribution in [2.24, 2.45) is 5.92 Å². The van der Waals surface area contributed by atoms with Gasteiger partial charge in [-0.1, -0.05) is 60.9 Å². The van der Waals surface area contributed by atoms with Gasteiger partial charge in [0.2, 0.25) is 16.9 Å². The Labute approximate surface area is 190 Å². The van der Waals surface area contributed by atoms with E-state index >= 15 is 0 Å². The zero-order valence-electron chi connectivity index (χ0n) is 17.6. The Hall–Kier alpha value is -3.13. The molecule has 1 aliphatic carbocycles. The third-order valence-electron chi connectivity index (χ3n) is 5.64. The fourth-order valence-corrected chi connectivity index (χ4v) is 4.64. The first kappa shape index (κ1) is 22.1. The summed E-state index contributed by atoms with van der Waals surface area (Å²) in [6.45, 7) is 0. The molecule has 6 nitrogen and oxygen atoms in total. The van der Waals surface area contributed by atoms with E-state index < -0.39 is 6.04 Å². The number of carbonyl (C=O) groups excluding carboxylic acids is 2. The molecule has 4 rings (SSSR count). The Morgan fingerprint density at radius 2 is 1.72 bits per heavy atom. The van der Waals surface area contributed by atoms with E-state index in [1.807, 2.05) is 30.3 Å². The van der Waals surface area contributed by atoms with Crippen LogP contribution in [0, 0.1) is 11.7 Å². The molecule has 0 aliphatic heterocycles. The van der Waals surface area contributed by atoms with Gasteiger partial charge in [-0.25, -0.2) is 4.39 Å². The average Bonchev–Trinajstić information content (AvgIpc) is 3.28. The number of halogens is 1. The minimum atomic E-state index is -0.718. The molecule has 0 bridgehead atoms. The summed E-state index contributed by atoms with van der Waals surface area (Å²) in [5.41, 5.74) is 1.68. The number of hydrogen-bond donors (Lipinski definition) is 2. The molecule has 2 N–H and O–H groups in total. The maximum Gasteiger partial charge on any atom is 0.249 e. The molecule has 166 valence electrons. The molecular formula is C24H25FN4O2S. The lowest BCUT2D eigenvalue weighted by molar-refractivity contribution is -0.130. The van der Waals surface area contributed by atoms with E-state index in [1.54, 1.807) is 12.1 Å². The number of nitrogens with one attached hydrogen (secondary N) is 2. The van der Waals surface area contributed by atoms with Crippen LogP contribution in [0.25, 0.3) is 10.6 Å². The van der Waals surface area contributed by atoms with Gasteiger partial charge in [0.15, 0.2) is 0 Å². The molecule has 1 saturated carbocycles. The molecular weight excluding hydrogens is 427 g/mol. The molecule has 0 spiro atoms. The molecule has 3 aromatic rings. The monoisotopic (exact) mass is 452 g/mol. The van der Waals surface area contributed by atoms with Crippen LogP contribution in [-0.4, -0.2) is 28.1 Å². The van der Waals surface area contributed by atoms with Gasteiger partial charge in [-0.2, -0.15) is 0 Å². The normalized spacial score (nSPS) is 15.2. The lowest BCUT2D eigenvalue weighted by atomic mass is 9.88. The van der Waals surface area contributed by atoms with Gasteiger partial charge < -0.3 is 5.32 Å². The lowest BCUT2D eigenvalue weighted by Crippen LogP contribution is -2.47. The van der Waals surface area contributed by atoms with Gasteiger partial charge >= 0.3 is 0 Å². The van der Waals surface area contributed by atoms with E-state index in [0.717, 1.165) is 43.2 Å². The number of benzene rings is 2. The highest BCUT2D eigenvalue weighted by atomic mass is 32.1.